The number of nitrogens with zero attached hydrogens (tertiary/aromatic N) is 2. The van der Waals surface area contributed by atoms with Crippen LogP contribution in [0.3, 0.4) is 0 Å². The van der Waals surface area contributed by atoms with Crippen LogP contribution in [0.1, 0.15) is 46.1 Å². The van der Waals surface area contributed by atoms with Gasteiger partial charge in [0.2, 0.25) is 5.95 Å². The topological polar surface area (TPSA) is 39.1 Å². The zero-order chi connectivity index (χ0) is 21.5. The van der Waals surface area contributed by atoms with Gasteiger partial charge in [0.1, 0.15) is 5.75 Å². The van der Waals surface area contributed by atoms with E-state index in [1.54, 1.807) is 12.1 Å². The quantitative estimate of drug-likeness (QED) is 0.494. The number of imidazole rings is 1. The summed E-state index contributed by atoms with van der Waals surface area (Å²) in [5, 5.41) is 3.31. The lowest BCUT2D eigenvalue weighted by molar-refractivity contribution is -0.274. The van der Waals surface area contributed by atoms with Crippen LogP contribution in [0.2, 0.25) is 0 Å². The van der Waals surface area contributed by atoms with E-state index in [-0.39, 0.29) is 11.2 Å². The highest BCUT2D eigenvalue weighted by molar-refractivity contribution is 5.80. The molecule has 3 aromatic rings. The van der Waals surface area contributed by atoms with Gasteiger partial charge in [-0.25, -0.2) is 4.98 Å². The summed E-state index contributed by atoms with van der Waals surface area (Å²) in [5.74, 6) is 1.06. The molecule has 1 aliphatic rings. The minimum absolute atomic E-state index is 0.238. The molecule has 30 heavy (non-hydrogen) atoms. The van der Waals surface area contributed by atoms with Crippen molar-refractivity contribution in [2.75, 3.05) is 5.32 Å². The van der Waals surface area contributed by atoms with Crippen molar-refractivity contribution in [1.82, 2.24) is 9.55 Å². The summed E-state index contributed by atoms with van der Waals surface area (Å²) in [6.07, 6.45) is -1.39. The highest BCUT2D eigenvalue weighted by Crippen LogP contribution is 2.46. The molecule has 2 aromatic carbocycles. The first-order valence-electron chi connectivity index (χ1n) is 10.2. The van der Waals surface area contributed by atoms with E-state index < -0.39 is 6.36 Å². The fraction of sp³-hybridized carbons (Fsp3) is 0.435. The lowest BCUT2D eigenvalue weighted by Crippen LogP contribution is -2.29. The first kappa shape index (κ1) is 20.6. The third kappa shape index (κ3) is 4.55. The van der Waals surface area contributed by atoms with E-state index in [0.29, 0.717) is 23.6 Å². The van der Waals surface area contributed by atoms with E-state index in [9.17, 15) is 13.2 Å². The standard InChI is InChI=1S/C23H26F3N3O/c1-15-12-17(14-22(2,3)13-15)29-20-7-5-4-6-19(20)28-21(29)27-16-8-10-18(11-9-16)30-23(24,25)26/h4-11,15,17H,12-14H2,1-3H3,(H,27,28)/t15-,17-/m1/s1. The number of hydrogen-bond donors (Lipinski definition) is 1. The van der Waals surface area contributed by atoms with Crippen LogP contribution >= 0.6 is 0 Å². The molecule has 1 aromatic heterocycles. The Morgan fingerprint density at radius 1 is 1.07 bits per heavy atom. The lowest BCUT2D eigenvalue weighted by Gasteiger charge is -2.40. The molecule has 4 nitrogen and oxygen atoms in total. The van der Waals surface area contributed by atoms with Gasteiger partial charge in [-0.15, -0.1) is 13.2 Å². The van der Waals surface area contributed by atoms with Gasteiger partial charge in [-0.1, -0.05) is 32.9 Å². The van der Waals surface area contributed by atoms with E-state index in [2.05, 4.69) is 41.5 Å². The molecule has 1 aliphatic carbocycles. The molecule has 160 valence electrons. The first-order valence-corrected chi connectivity index (χ1v) is 10.2. The van der Waals surface area contributed by atoms with Gasteiger partial charge in [-0.2, -0.15) is 0 Å². The van der Waals surface area contributed by atoms with Crippen molar-refractivity contribution < 1.29 is 17.9 Å². The van der Waals surface area contributed by atoms with Gasteiger partial charge in [0, 0.05) is 11.7 Å². The minimum atomic E-state index is -4.70. The Balaban J connectivity index is 1.67. The molecular formula is C23H26F3N3O. The van der Waals surface area contributed by atoms with E-state index in [1.165, 1.54) is 18.6 Å². The average Bonchev–Trinajstić information content (AvgIpc) is 2.98. The number of aromatic nitrogens is 2. The number of alkyl halides is 3. The number of benzene rings is 2. The Kier molecular flexibility index (Phi) is 5.16. The van der Waals surface area contributed by atoms with Crippen LogP contribution in [-0.2, 0) is 0 Å². The van der Waals surface area contributed by atoms with Crippen LogP contribution in [0.4, 0.5) is 24.8 Å². The van der Waals surface area contributed by atoms with Gasteiger partial charge in [0.15, 0.2) is 0 Å². The van der Waals surface area contributed by atoms with Crippen molar-refractivity contribution in [3.63, 3.8) is 0 Å². The molecule has 2 atom stereocenters. The molecule has 4 rings (SSSR count). The Hall–Kier alpha value is -2.70. The van der Waals surface area contributed by atoms with Crippen LogP contribution in [0.15, 0.2) is 48.5 Å². The maximum absolute atomic E-state index is 12.4. The highest BCUT2D eigenvalue weighted by atomic mass is 19.4. The van der Waals surface area contributed by atoms with Crippen LogP contribution in [-0.4, -0.2) is 15.9 Å². The van der Waals surface area contributed by atoms with E-state index >= 15 is 0 Å². The second kappa shape index (κ2) is 7.52. The number of para-hydroxylation sites is 2. The average molecular weight is 417 g/mol. The fourth-order valence-electron chi connectivity index (χ4n) is 4.86. The third-order valence-corrected chi connectivity index (χ3v) is 5.67. The Morgan fingerprint density at radius 2 is 1.77 bits per heavy atom. The van der Waals surface area contributed by atoms with Gasteiger partial charge >= 0.3 is 6.36 Å². The molecule has 0 spiro atoms. The highest BCUT2D eigenvalue weighted by Gasteiger charge is 2.34. The first-order chi connectivity index (χ1) is 14.1. The number of rotatable bonds is 4. The van der Waals surface area contributed by atoms with Crippen molar-refractivity contribution in [3.8, 4) is 5.75 Å². The summed E-state index contributed by atoms with van der Waals surface area (Å²) >= 11 is 0. The largest absolute Gasteiger partial charge is 0.573 e. The van der Waals surface area contributed by atoms with Gasteiger partial charge < -0.3 is 14.6 Å². The van der Waals surface area contributed by atoms with Gasteiger partial charge in [0.05, 0.1) is 11.0 Å². The minimum Gasteiger partial charge on any atom is -0.406 e. The number of nitrogens with one attached hydrogen (secondary N) is 1. The molecule has 1 N–H and O–H groups in total. The van der Waals surface area contributed by atoms with Crippen LogP contribution in [0.5, 0.6) is 5.75 Å². The van der Waals surface area contributed by atoms with Gasteiger partial charge in [-0.3, -0.25) is 0 Å². The number of halogens is 3. The van der Waals surface area contributed by atoms with Crippen LogP contribution < -0.4 is 10.1 Å². The van der Waals surface area contributed by atoms with Crippen molar-refractivity contribution in [2.45, 2.75) is 52.4 Å². The number of anilines is 2. The van der Waals surface area contributed by atoms with E-state index in [4.69, 9.17) is 4.98 Å². The molecule has 1 saturated carbocycles. The van der Waals surface area contributed by atoms with Crippen LogP contribution in [0, 0.1) is 11.3 Å². The summed E-state index contributed by atoms with van der Waals surface area (Å²) in [7, 11) is 0. The summed E-state index contributed by atoms with van der Waals surface area (Å²) in [5.41, 5.74) is 2.85. The predicted octanol–water partition coefficient (Wildman–Crippen LogP) is 7.07. The van der Waals surface area contributed by atoms with Crippen molar-refractivity contribution in [1.29, 1.82) is 0 Å². The summed E-state index contributed by atoms with van der Waals surface area (Å²) in [6, 6.07) is 14.0. The third-order valence-electron chi connectivity index (χ3n) is 5.67. The smallest absolute Gasteiger partial charge is 0.406 e. The van der Waals surface area contributed by atoms with Crippen molar-refractivity contribution >= 4 is 22.7 Å². The molecule has 0 amide bonds. The Morgan fingerprint density at radius 3 is 2.43 bits per heavy atom. The monoisotopic (exact) mass is 417 g/mol. The summed E-state index contributed by atoms with van der Waals surface area (Å²) < 4.78 is 43.4. The van der Waals surface area contributed by atoms with Gasteiger partial charge in [0.25, 0.3) is 0 Å². The molecule has 0 aliphatic heterocycles. The predicted molar refractivity (Wildman–Crippen MR) is 112 cm³/mol. The van der Waals surface area contributed by atoms with E-state index in [0.717, 1.165) is 23.9 Å². The molecule has 0 unspecified atom stereocenters. The molecule has 0 radical (unpaired) electrons. The zero-order valence-corrected chi connectivity index (χ0v) is 17.3. The molecule has 0 saturated heterocycles. The zero-order valence-electron chi connectivity index (χ0n) is 17.3. The molecule has 7 heteroatoms. The maximum Gasteiger partial charge on any atom is 0.573 e. The lowest BCUT2D eigenvalue weighted by atomic mass is 9.70. The Bertz CT molecular complexity index is 1020. The van der Waals surface area contributed by atoms with Gasteiger partial charge in [-0.05, 0) is 67.0 Å². The molecular weight excluding hydrogens is 391 g/mol. The second-order valence-electron chi connectivity index (χ2n) is 9.06. The second-order valence-corrected chi connectivity index (χ2v) is 9.06. The van der Waals surface area contributed by atoms with Crippen molar-refractivity contribution in [2.24, 2.45) is 11.3 Å². The number of ether oxygens (including phenoxy) is 1. The number of hydrogen-bond acceptors (Lipinski definition) is 3. The Labute approximate surface area is 174 Å². The summed E-state index contributed by atoms with van der Waals surface area (Å²) in [4.78, 5) is 4.78. The normalized spacial score (nSPS) is 21.5. The summed E-state index contributed by atoms with van der Waals surface area (Å²) in [6.45, 7) is 6.90. The fourth-order valence-corrected chi connectivity index (χ4v) is 4.86. The molecule has 1 fully saturated rings. The maximum atomic E-state index is 12.4. The molecule has 0 bridgehead atoms. The van der Waals surface area contributed by atoms with Crippen LogP contribution in [0.25, 0.3) is 11.0 Å². The SMILES string of the molecule is C[C@@H]1C[C@@H](n2c(Nc3ccc(OC(F)(F)F)cc3)nc3ccccc32)CC(C)(C)C1. The van der Waals surface area contributed by atoms with E-state index in [1.807, 2.05) is 18.2 Å². The van der Waals surface area contributed by atoms with Crippen molar-refractivity contribution in [3.05, 3.63) is 48.5 Å². The number of fused-ring (bicyclic) bond motifs is 1. The molecule has 1 heterocycles.